The number of halogens is 1. The van der Waals surface area contributed by atoms with E-state index in [2.05, 4.69) is 47.2 Å². The van der Waals surface area contributed by atoms with E-state index >= 15 is 0 Å². The number of ether oxygens (including phenoxy) is 2. The number of anilines is 1. The summed E-state index contributed by atoms with van der Waals surface area (Å²) in [6, 6.07) is 8.13. The Kier molecular flexibility index (Phi) is 3.34. The molecule has 0 radical (unpaired) electrons. The van der Waals surface area contributed by atoms with Crippen molar-refractivity contribution in [3.05, 3.63) is 51.0 Å². The zero-order chi connectivity index (χ0) is 16.1. The summed E-state index contributed by atoms with van der Waals surface area (Å²) in [4.78, 5) is 12.2. The Morgan fingerprint density at radius 2 is 1.74 bits per heavy atom. The molecule has 4 nitrogen and oxygen atoms in total. The third-order valence-corrected chi connectivity index (χ3v) is 5.26. The number of carbonyl (C=O) groups is 1. The van der Waals surface area contributed by atoms with Crippen LogP contribution in [0.25, 0.3) is 0 Å². The molecule has 0 spiro atoms. The standard InChI is InChI=1S/C18H16BrNO3/c1-9-3-13-11(6-18(21)20-15(13)4-10(9)2)12-5-16-17(7-14(12)19)23-8-22-16/h3-5,7,11H,6,8H2,1-2H3,(H,20,21)/t11-/m0/s1. The molecule has 1 amide bonds. The summed E-state index contributed by atoms with van der Waals surface area (Å²) in [7, 11) is 0. The van der Waals surface area contributed by atoms with Crippen molar-refractivity contribution in [1.29, 1.82) is 0 Å². The van der Waals surface area contributed by atoms with Gasteiger partial charge < -0.3 is 14.8 Å². The van der Waals surface area contributed by atoms with Crippen molar-refractivity contribution in [1.82, 2.24) is 0 Å². The maximum atomic E-state index is 12.2. The van der Waals surface area contributed by atoms with Gasteiger partial charge in [0.2, 0.25) is 12.7 Å². The monoisotopic (exact) mass is 373 g/mol. The first-order chi connectivity index (χ1) is 11.0. The summed E-state index contributed by atoms with van der Waals surface area (Å²) in [5.41, 5.74) is 5.50. The van der Waals surface area contributed by atoms with Crippen LogP contribution in [0.4, 0.5) is 5.69 Å². The second-order valence-electron chi connectivity index (χ2n) is 6.06. The molecular weight excluding hydrogens is 358 g/mol. The van der Waals surface area contributed by atoms with E-state index in [-0.39, 0.29) is 18.6 Å². The molecule has 0 aromatic heterocycles. The number of hydrogen-bond acceptors (Lipinski definition) is 3. The Bertz CT molecular complexity index is 832. The highest BCUT2D eigenvalue weighted by Gasteiger charge is 2.30. The zero-order valence-corrected chi connectivity index (χ0v) is 14.5. The molecule has 23 heavy (non-hydrogen) atoms. The lowest BCUT2D eigenvalue weighted by molar-refractivity contribution is -0.116. The van der Waals surface area contributed by atoms with Gasteiger partial charge in [0.25, 0.3) is 0 Å². The smallest absolute Gasteiger partial charge is 0.231 e. The van der Waals surface area contributed by atoms with Crippen molar-refractivity contribution in [2.45, 2.75) is 26.2 Å². The summed E-state index contributed by atoms with van der Waals surface area (Å²) in [6.45, 7) is 4.39. The third-order valence-electron chi connectivity index (χ3n) is 4.57. The van der Waals surface area contributed by atoms with Gasteiger partial charge in [-0.25, -0.2) is 0 Å². The van der Waals surface area contributed by atoms with E-state index in [0.717, 1.165) is 32.8 Å². The van der Waals surface area contributed by atoms with Crippen LogP contribution >= 0.6 is 15.9 Å². The van der Waals surface area contributed by atoms with Crippen LogP contribution in [0.5, 0.6) is 11.5 Å². The molecule has 1 atom stereocenters. The van der Waals surface area contributed by atoms with E-state index < -0.39 is 0 Å². The molecule has 118 valence electrons. The Morgan fingerprint density at radius 3 is 2.52 bits per heavy atom. The topological polar surface area (TPSA) is 47.6 Å². The molecule has 0 saturated heterocycles. The normalized spacial score (nSPS) is 18.6. The van der Waals surface area contributed by atoms with Crippen LogP contribution in [0, 0.1) is 13.8 Å². The highest BCUT2D eigenvalue weighted by molar-refractivity contribution is 9.10. The maximum absolute atomic E-state index is 12.2. The predicted molar refractivity (Wildman–Crippen MR) is 91.3 cm³/mol. The van der Waals surface area contributed by atoms with E-state index in [9.17, 15) is 4.79 Å². The number of carbonyl (C=O) groups excluding carboxylic acids is 1. The fourth-order valence-electron chi connectivity index (χ4n) is 3.21. The minimum absolute atomic E-state index is 0.00178. The first kappa shape index (κ1) is 14.6. The minimum atomic E-state index is 0.00178. The van der Waals surface area contributed by atoms with Gasteiger partial charge in [-0.2, -0.15) is 0 Å². The first-order valence-electron chi connectivity index (χ1n) is 7.53. The lowest BCUT2D eigenvalue weighted by Gasteiger charge is -2.28. The Hall–Kier alpha value is -2.01. The average molecular weight is 374 g/mol. The Balaban J connectivity index is 1.87. The van der Waals surface area contributed by atoms with Gasteiger partial charge >= 0.3 is 0 Å². The van der Waals surface area contributed by atoms with Gasteiger partial charge in [0.1, 0.15) is 0 Å². The van der Waals surface area contributed by atoms with E-state index in [1.54, 1.807) is 0 Å². The molecule has 2 aromatic carbocycles. The number of rotatable bonds is 1. The molecule has 0 bridgehead atoms. The fraction of sp³-hybridized carbons (Fsp3) is 0.278. The van der Waals surface area contributed by atoms with Crippen LogP contribution in [0.3, 0.4) is 0 Å². The van der Waals surface area contributed by atoms with Crippen molar-refractivity contribution < 1.29 is 14.3 Å². The SMILES string of the molecule is Cc1cc2c(cc1C)[C@H](c1cc3c(cc1Br)OCO3)CC(=O)N2. The molecule has 2 aromatic rings. The largest absolute Gasteiger partial charge is 0.454 e. The van der Waals surface area contributed by atoms with Crippen LogP contribution in [-0.2, 0) is 4.79 Å². The van der Waals surface area contributed by atoms with Crippen LogP contribution in [0.2, 0.25) is 0 Å². The Morgan fingerprint density at radius 1 is 1.04 bits per heavy atom. The molecule has 5 heteroatoms. The first-order valence-corrected chi connectivity index (χ1v) is 8.32. The molecule has 2 aliphatic rings. The third kappa shape index (κ3) is 2.39. The molecular formula is C18H16BrNO3. The second-order valence-corrected chi connectivity index (χ2v) is 6.91. The molecule has 0 saturated carbocycles. The summed E-state index contributed by atoms with van der Waals surface area (Å²) in [5.74, 6) is 1.51. The number of fused-ring (bicyclic) bond motifs is 2. The van der Waals surface area contributed by atoms with Crippen molar-refractivity contribution in [2.75, 3.05) is 12.1 Å². The molecule has 1 N–H and O–H groups in total. The van der Waals surface area contributed by atoms with Gasteiger partial charge in [0.15, 0.2) is 11.5 Å². The van der Waals surface area contributed by atoms with E-state index in [1.165, 1.54) is 11.1 Å². The van der Waals surface area contributed by atoms with Crippen molar-refractivity contribution in [2.24, 2.45) is 0 Å². The molecule has 4 rings (SSSR count). The summed E-state index contributed by atoms with van der Waals surface area (Å²) in [6.07, 6.45) is 0.424. The predicted octanol–water partition coefficient (Wildman–Crippen LogP) is 4.27. The molecule has 2 heterocycles. The van der Waals surface area contributed by atoms with Gasteiger partial charge in [-0.15, -0.1) is 0 Å². The van der Waals surface area contributed by atoms with Crippen molar-refractivity contribution in [3.63, 3.8) is 0 Å². The summed E-state index contributed by atoms with van der Waals surface area (Å²) >= 11 is 3.62. The summed E-state index contributed by atoms with van der Waals surface area (Å²) < 4.78 is 11.9. The zero-order valence-electron chi connectivity index (χ0n) is 12.9. The van der Waals surface area contributed by atoms with Crippen molar-refractivity contribution in [3.8, 4) is 11.5 Å². The quantitative estimate of drug-likeness (QED) is 0.811. The van der Waals surface area contributed by atoms with E-state index in [1.807, 2.05) is 12.1 Å². The molecule has 2 aliphatic heterocycles. The van der Waals surface area contributed by atoms with Gasteiger partial charge in [-0.1, -0.05) is 22.0 Å². The molecule has 0 unspecified atom stereocenters. The minimum Gasteiger partial charge on any atom is -0.454 e. The van der Waals surface area contributed by atoms with Gasteiger partial charge in [-0.3, -0.25) is 4.79 Å². The number of hydrogen-bond donors (Lipinski definition) is 1. The lowest BCUT2D eigenvalue weighted by Crippen LogP contribution is -2.24. The fourth-order valence-corrected chi connectivity index (χ4v) is 3.81. The summed E-state index contributed by atoms with van der Waals surface area (Å²) in [5, 5.41) is 2.99. The van der Waals surface area contributed by atoms with E-state index in [0.29, 0.717) is 6.42 Å². The number of amides is 1. The Labute approximate surface area is 142 Å². The van der Waals surface area contributed by atoms with Gasteiger partial charge in [0, 0.05) is 22.5 Å². The molecule has 0 aliphatic carbocycles. The van der Waals surface area contributed by atoms with Crippen molar-refractivity contribution >= 4 is 27.5 Å². The van der Waals surface area contributed by atoms with Crippen LogP contribution in [0.15, 0.2) is 28.7 Å². The lowest BCUT2D eigenvalue weighted by atomic mass is 9.83. The van der Waals surface area contributed by atoms with Gasteiger partial charge in [0.05, 0.1) is 0 Å². The van der Waals surface area contributed by atoms with Crippen LogP contribution in [0.1, 0.15) is 34.6 Å². The van der Waals surface area contributed by atoms with Crippen LogP contribution in [-0.4, -0.2) is 12.7 Å². The molecule has 0 fully saturated rings. The second kappa shape index (κ2) is 5.27. The average Bonchev–Trinajstić information content (AvgIpc) is 2.94. The maximum Gasteiger partial charge on any atom is 0.231 e. The number of aryl methyl sites for hydroxylation is 2. The highest BCUT2D eigenvalue weighted by Crippen LogP contribution is 2.45. The van der Waals surface area contributed by atoms with Crippen LogP contribution < -0.4 is 14.8 Å². The van der Waals surface area contributed by atoms with Gasteiger partial charge in [-0.05, 0) is 54.3 Å². The number of benzene rings is 2. The highest BCUT2D eigenvalue weighted by atomic mass is 79.9. The van der Waals surface area contributed by atoms with E-state index in [4.69, 9.17) is 9.47 Å². The number of nitrogens with one attached hydrogen (secondary N) is 1.